The van der Waals surface area contributed by atoms with Crippen molar-refractivity contribution < 1.29 is 28.6 Å². The van der Waals surface area contributed by atoms with E-state index in [9.17, 15) is 14.4 Å². The van der Waals surface area contributed by atoms with Crippen LogP contribution in [0.15, 0.2) is 0 Å². The van der Waals surface area contributed by atoms with Crippen LogP contribution in [0.4, 0.5) is 0 Å². The molecule has 0 aliphatic carbocycles. The smallest absolute Gasteiger partial charge is 0.306 e. The van der Waals surface area contributed by atoms with Crippen LogP contribution in [0.25, 0.3) is 0 Å². The molecule has 1 atom stereocenters. The van der Waals surface area contributed by atoms with Gasteiger partial charge in [-0.25, -0.2) is 0 Å². The average Bonchev–Trinajstić information content (AvgIpc) is 3.42. The second kappa shape index (κ2) is 65.9. The summed E-state index contributed by atoms with van der Waals surface area (Å²) in [5.41, 5.74) is 0. The fraction of sp³-hybridized carbons (Fsp3) is 0.957. The topological polar surface area (TPSA) is 78.9 Å². The number of hydrogen-bond acceptors (Lipinski definition) is 6. The molecule has 0 aromatic carbocycles. The van der Waals surface area contributed by atoms with Gasteiger partial charge in [0.15, 0.2) is 6.10 Å². The Bertz CT molecular complexity index is 1140. The molecule has 0 N–H and O–H groups in total. The lowest BCUT2D eigenvalue weighted by molar-refractivity contribution is -0.167. The number of carbonyl (C=O) groups is 3. The van der Waals surface area contributed by atoms with E-state index >= 15 is 0 Å². The SMILES string of the molecule is CCCCCCCCCCCCCCCCCCCCCCCCCCCCCC(=O)OCC(COC(=O)CCCCCCCC)OC(=O)CCCCCCCCCCCCCCCCCCCCCCCCCCC. The maximum atomic E-state index is 12.9. The zero-order valence-electron chi connectivity index (χ0n) is 52.1. The van der Waals surface area contributed by atoms with Gasteiger partial charge in [0.25, 0.3) is 0 Å². The Kier molecular flexibility index (Phi) is 64.5. The predicted molar refractivity (Wildman–Crippen MR) is 330 cm³/mol. The third-order valence-electron chi connectivity index (χ3n) is 16.4. The molecular weight excluding hydrogens is 937 g/mol. The van der Waals surface area contributed by atoms with Crippen molar-refractivity contribution in [2.75, 3.05) is 13.2 Å². The van der Waals surface area contributed by atoms with Crippen LogP contribution in [-0.2, 0) is 28.6 Å². The largest absolute Gasteiger partial charge is 0.462 e. The summed E-state index contributed by atoms with van der Waals surface area (Å²) in [6.45, 7) is 6.67. The van der Waals surface area contributed by atoms with Gasteiger partial charge in [-0.1, -0.05) is 374 Å². The second-order valence-corrected chi connectivity index (χ2v) is 24.2. The van der Waals surface area contributed by atoms with Gasteiger partial charge >= 0.3 is 17.9 Å². The molecule has 0 heterocycles. The van der Waals surface area contributed by atoms with Crippen molar-refractivity contribution in [3.8, 4) is 0 Å². The first-order valence-electron chi connectivity index (χ1n) is 35.0. The lowest BCUT2D eigenvalue weighted by Crippen LogP contribution is -2.30. The fourth-order valence-corrected chi connectivity index (χ4v) is 11.1. The van der Waals surface area contributed by atoms with Crippen LogP contribution >= 0.6 is 0 Å². The van der Waals surface area contributed by atoms with Crippen LogP contribution in [0.2, 0.25) is 0 Å². The second-order valence-electron chi connectivity index (χ2n) is 24.2. The minimum Gasteiger partial charge on any atom is -0.462 e. The number of carbonyl (C=O) groups excluding carboxylic acids is 3. The van der Waals surface area contributed by atoms with E-state index in [0.717, 1.165) is 57.8 Å². The molecule has 0 aliphatic heterocycles. The molecule has 0 spiro atoms. The highest BCUT2D eigenvalue weighted by atomic mass is 16.6. The number of esters is 3. The van der Waals surface area contributed by atoms with Crippen molar-refractivity contribution in [2.45, 2.75) is 419 Å². The van der Waals surface area contributed by atoms with Crippen molar-refractivity contribution >= 4 is 17.9 Å². The maximum Gasteiger partial charge on any atom is 0.306 e. The standard InChI is InChI=1S/C70H136O6/c1-4-7-10-13-16-18-20-22-24-26-28-30-32-34-35-37-38-40-42-44-46-48-50-52-54-57-60-63-69(72)75-66-67(65-74-68(71)62-59-56-15-12-9-6-3)76-70(73)64-61-58-55-53-51-49-47-45-43-41-39-36-33-31-29-27-25-23-21-19-17-14-11-8-5-2/h67H,4-66H2,1-3H3. The van der Waals surface area contributed by atoms with Gasteiger partial charge in [0, 0.05) is 19.3 Å². The van der Waals surface area contributed by atoms with Gasteiger partial charge in [0.05, 0.1) is 0 Å². The Labute approximate surface area is 476 Å². The molecule has 0 aromatic rings. The van der Waals surface area contributed by atoms with Crippen LogP contribution < -0.4 is 0 Å². The summed E-state index contributed by atoms with van der Waals surface area (Å²) in [6, 6.07) is 0. The molecular formula is C70H136O6. The molecule has 0 amide bonds. The number of unbranched alkanes of at least 4 members (excludes halogenated alkanes) is 55. The van der Waals surface area contributed by atoms with Crippen LogP contribution in [-0.4, -0.2) is 37.2 Å². The molecule has 1 unspecified atom stereocenters. The Hall–Kier alpha value is -1.59. The van der Waals surface area contributed by atoms with Gasteiger partial charge in [0.2, 0.25) is 0 Å². The van der Waals surface area contributed by atoms with Crippen molar-refractivity contribution in [2.24, 2.45) is 0 Å². The highest BCUT2D eigenvalue weighted by Gasteiger charge is 2.19. The summed E-state index contributed by atoms with van der Waals surface area (Å²) in [6.07, 6.45) is 77.6. The summed E-state index contributed by atoms with van der Waals surface area (Å²) in [5, 5.41) is 0. The van der Waals surface area contributed by atoms with Gasteiger partial charge < -0.3 is 14.2 Å². The summed E-state index contributed by atoms with van der Waals surface area (Å²) in [4.78, 5) is 38.1. The van der Waals surface area contributed by atoms with E-state index < -0.39 is 6.10 Å². The van der Waals surface area contributed by atoms with E-state index in [-0.39, 0.29) is 31.1 Å². The summed E-state index contributed by atoms with van der Waals surface area (Å²) < 4.78 is 16.9. The normalized spacial score (nSPS) is 11.9. The number of ether oxygens (including phenoxy) is 3. The van der Waals surface area contributed by atoms with Gasteiger partial charge in [-0.3, -0.25) is 14.4 Å². The van der Waals surface area contributed by atoms with Crippen LogP contribution in [0.1, 0.15) is 412 Å². The lowest BCUT2D eigenvalue weighted by Gasteiger charge is -2.18. The van der Waals surface area contributed by atoms with E-state index in [1.54, 1.807) is 0 Å². The molecule has 452 valence electrons. The fourth-order valence-electron chi connectivity index (χ4n) is 11.1. The molecule has 0 saturated heterocycles. The molecule has 0 aromatic heterocycles. The minimum absolute atomic E-state index is 0.0617. The highest BCUT2D eigenvalue weighted by molar-refractivity contribution is 5.71. The summed E-state index contributed by atoms with van der Waals surface area (Å²) in [5.74, 6) is -0.837. The first-order valence-corrected chi connectivity index (χ1v) is 35.0. The van der Waals surface area contributed by atoms with Gasteiger partial charge in [-0.2, -0.15) is 0 Å². The van der Waals surface area contributed by atoms with Gasteiger partial charge in [-0.15, -0.1) is 0 Å². The van der Waals surface area contributed by atoms with E-state index in [1.807, 2.05) is 0 Å². The van der Waals surface area contributed by atoms with E-state index in [1.165, 1.54) is 315 Å². The summed E-state index contributed by atoms with van der Waals surface area (Å²) in [7, 11) is 0. The molecule has 6 nitrogen and oxygen atoms in total. The van der Waals surface area contributed by atoms with Gasteiger partial charge in [0.1, 0.15) is 13.2 Å². The monoisotopic (exact) mass is 1070 g/mol. The third-order valence-corrected chi connectivity index (χ3v) is 16.4. The lowest BCUT2D eigenvalue weighted by atomic mass is 10.0. The zero-order valence-corrected chi connectivity index (χ0v) is 52.1. The molecule has 76 heavy (non-hydrogen) atoms. The molecule has 0 rings (SSSR count). The summed E-state index contributed by atoms with van der Waals surface area (Å²) >= 11 is 0. The van der Waals surface area contributed by atoms with E-state index in [4.69, 9.17) is 14.2 Å². The average molecular weight is 1070 g/mol. The molecule has 0 fully saturated rings. The number of hydrogen-bond donors (Lipinski definition) is 0. The Balaban J connectivity index is 3.95. The highest BCUT2D eigenvalue weighted by Crippen LogP contribution is 2.19. The third kappa shape index (κ3) is 63.2. The van der Waals surface area contributed by atoms with Crippen molar-refractivity contribution in [3.05, 3.63) is 0 Å². The Morgan fingerprint density at radius 1 is 0.211 bits per heavy atom. The van der Waals surface area contributed by atoms with Crippen LogP contribution in [0.3, 0.4) is 0 Å². The molecule has 6 heteroatoms. The van der Waals surface area contributed by atoms with Crippen molar-refractivity contribution in [3.63, 3.8) is 0 Å². The predicted octanol–water partition coefficient (Wildman–Crippen LogP) is 23.8. The molecule has 0 bridgehead atoms. The van der Waals surface area contributed by atoms with Crippen LogP contribution in [0.5, 0.6) is 0 Å². The molecule has 0 radical (unpaired) electrons. The minimum atomic E-state index is -0.761. The zero-order chi connectivity index (χ0) is 55.0. The first-order chi connectivity index (χ1) is 37.5. The first kappa shape index (κ1) is 74.4. The molecule has 0 saturated carbocycles. The maximum absolute atomic E-state index is 12.9. The van der Waals surface area contributed by atoms with Gasteiger partial charge in [-0.05, 0) is 19.3 Å². The Morgan fingerprint density at radius 2 is 0.355 bits per heavy atom. The number of rotatable bonds is 66. The Morgan fingerprint density at radius 3 is 0.526 bits per heavy atom. The van der Waals surface area contributed by atoms with Crippen molar-refractivity contribution in [1.82, 2.24) is 0 Å². The van der Waals surface area contributed by atoms with Crippen molar-refractivity contribution in [1.29, 1.82) is 0 Å². The molecule has 0 aliphatic rings. The quantitative estimate of drug-likeness (QED) is 0.0343. The van der Waals surface area contributed by atoms with E-state index in [2.05, 4.69) is 20.8 Å². The van der Waals surface area contributed by atoms with Crippen LogP contribution in [0, 0.1) is 0 Å². The van der Waals surface area contributed by atoms with E-state index in [0.29, 0.717) is 19.3 Å².